The van der Waals surface area contributed by atoms with Gasteiger partial charge in [-0.2, -0.15) is 0 Å². The molecular weight excluding hydrogens is 266 g/mol. The number of nitrogens with one attached hydrogen (secondary N) is 1. The van der Waals surface area contributed by atoms with Crippen LogP contribution >= 0.6 is 15.9 Å². The van der Waals surface area contributed by atoms with E-state index in [0.717, 1.165) is 10.0 Å². The third-order valence-corrected chi connectivity index (χ3v) is 3.32. The van der Waals surface area contributed by atoms with Crippen molar-refractivity contribution in [3.8, 4) is 0 Å². The average Bonchev–Trinajstić information content (AvgIpc) is 2.75. The van der Waals surface area contributed by atoms with Gasteiger partial charge in [-0.05, 0) is 37.2 Å². The number of hydrogen-bond donors (Lipinski definition) is 1. The van der Waals surface area contributed by atoms with E-state index in [4.69, 9.17) is 4.42 Å². The first kappa shape index (κ1) is 11.4. The first-order valence-corrected chi connectivity index (χ1v) is 5.97. The fourth-order valence-corrected chi connectivity index (χ4v) is 2.53. The second-order valence-electron chi connectivity index (χ2n) is 3.80. The zero-order valence-corrected chi connectivity index (χ0v) is 10.9. The van der Waals surface area contributed by atoms with Crippen LogP contribution in [0.3, 0.4) is 0 Å². The van der Waals surface area contributed by atoms with Gasteiger partial charge in [0.2, 0.25) is 0 Å². The minimum Gasteiger partial charge on any atom is -0.472 e. The number of benzene rings is 1. The number of furan rings is 1. The molecule has 0 spiro atoms. The molecular formula is C13H14BrNO. The molecule has 1 heterocycles. The highest BCUT2D eigenvalue weighted by atomic mass is 79.9. The van der Waals surface area contributed by atoms with Crippen LogP contribution in [0.25, 0.3) is 0 Å². The maximum absolute atomic E-state index is 5.13. The molecule has 0 aliphatic carbocycles. The molecule has 1 N–H and O–H groups in total. The van der Waals surface area contributed by atoms with Crippen LogP contribution in [0.5, 0.6) is 0 Å². The molecule has 0 aliphatic heterocycles. The summed E-state index contributed by atoms with van der Waals surface area (Å²) >= 11 is 3.60. The summed E-state index contributed by atoms with van der Waals surface area (Å²) in [5, 5.41) is 3.29. The van der Waals surface area contributed by atoms with Crippen LogP contribution in [0.2, 0.25) is 0 Å². The molecule has 0 amide bonds. The Kier molecular flexibility index (Phi) is 3.46. The molecule has 1 atom stereocenters. The molecule has 1 aromatic heterocycles. The summed E-state index contributed by atoms with van der Waals surface area (Å²) in [7, 11) is 1.95. The summed E-state index contributed by atoms with van der Waals surface area (Å²) in [4.78, 5) is 0. The Hall–Kier alpha value is -1.06. The molecule has 2 nitrogen and oxygen atoms in total. The van der Waals surface area contributed by atoms with Gasteiger partial charge < -0.3 is 9.73 Å². The third-order valence-electron chi connectivity index (χ3n) is 2.63. The quantitative estimate of drug-likeness (QED) is 0.928. The van der Waals surface area contributed by atoms with Crippen molar-refractivity contribution in [3.63, 3.8) is 0 Å². The normalized spacial score (nSPS) is 12.7. The second-order valence-corrected chi connectivity index (χ2v) is 4.66. The van der Waals surface area contributed by atoms with E-state index in [9.17, 15) is 0 Å². The molecule has 16 heavy (non-hydrogen) atoms. The molecule has 2 rings (SSSR count). The Balaban J connectivity index is 2.41. The molecule has 1 unspecified atom stereocenters. The van der Waals surface area contributed by atoms with Crippen molar-refractivity contribution in [2.75, 3.05) is 7.05 Å². The molecule has 0 saturated carbocycles. The minimum atomic E-state index is 0.161. The summed E-state index contributed by atoms with van der Waals surface area (Å²) in [5.41, 5.74) is 3.60. The highest BCUT2D eigenvalue weighted by molar-refractivity contribution is 9.10. The Bertz CT molecular complexity index is 465. The van der Waals surface area contributed by atoms with Crippen molar-refractivity contribution in [1.82, 2.24) is 5.32 Å². The van der Waals surface area contributed by atoms with E-state index in [-0.39, 0.29) is 6.04 Å². The van der Waals surface area contributed by atoms with Gasteiger partial charge in [-0.1, -0.05) is 28.1 Å². The van der Waals surface area contributed by atoms with Crippen LogP contribution in [0, 0.1) is 6.92 Å². The van der Waals surface area contributed by atoms with Gasteiger partial charge in [0.25, 0.3) is 0 Å². The van der Waals surface area contributed by atoms with Crippen LogP contribution in [0.1, 0.15) is 22.7 Å². The van der Waals surface area contributed by atoms with Crippen molar-refractivity contribution in [2.24, 2.45) is 0 Å². The van der Waals surface area contributed by atoms with E-state index in [1.54, 1.807) is 12.5 Å². The van der Waals surface area contributed by atoms with Crippen molar-refractivity contribution in [2.45, 2.75) is 13.0 Å². The van der Waals surface area contributed by atoms with E-state index in [2.05, 4.69) is 46.4 Å². The fraction of sp³-hybridized carbons (Fsp3) is 0.231. The van der Waals surface area contributed by atoms with Crippen LogP contribution in [-0.2, 0) is 0 Å². The molecule has 0 radical (unpaired) electrons. The molecule has 0 fully saturated rings. The standard InChI is InChI=1S/C13H14BrNO/c1-9-3-4-11(12(14)7-9)13(15-2)10-5-6-16-8-10/h3-8,13,15H,1-2H3. The van der Waals surface area contributed by atoms with Crippen LogP contribution in [0.15, 0.2) is 45.7 Å². The lowest BCUT2D eigenvalue weighted by atomic mass is 10.0. The highest BCUT2D eigenvalue weighted by Crippen LogP contribution is 2.29. The Morgan fingerprint density at radius 3 is 2.69 bits per heavy atom. The Labute approximate surface area is 104 Å². The fourth-order valence-electron chi connectivity index (χ4n) is 1.81. The summed E-state index contributed by atoms with van der Waals surface area (Å²) in [5.74, 6) is 0. The van der Waals surface area contributed by atoms with Crippen molar-refractivity contribution < 1.29 is 4.42 Å². The zero-order chi connectivity index (χ0) is 11.5. The van der Waals surface area contributed by atoms with E-state index in [1.807, 2.05) is 13.1 Å². The number of hydrogen-bond acceptors (Lipinski definition) is 2. The number of aryl methyl sites for hydroxylation is 1. The van der Waals surface area contributed by atoms with Crippen molar-refractivity contribution in [3.05, 3.63) is 58.0 Å². The van der Waals surface area contributed by atoms with Crippen LogP contribution in [0.4, 0.5) is 0 Å². The van der Waals surface area contributed by atoms with Gasteiger partial charge in [-0.25, -0.2) is 0 Å². The van der Waals surface area contributed by atoms with Crippen LogP contribution < -0.4 is 5.32 Å². The summed E-state index contributed by atoms with van der Waals surface area (Å²) in [6.45, 7) is 2.08. The molecule has 2 aromatic rings. The lowest BCUT2D eigenvalue weighted by Crippen LogP contribution is -2.17. The van der Waals surface area contributed by atoms with E-state index >= 15 is 0 Å². The lowest BCUT2D eigenvalue weighted by molar-refractivity contribution is 0.557. The van der Waals surface area contributed by atoms with Gasteiger partial charge in [0.15, 0.2) is 0 Å². The summed E-state index contributed by atoms with van der Waals surface area (Å²) in [6, 6.07) is 8.51. The first-order valence-electron chi connectivity index (χ1n) is 5.18. The number of halogens is 1. The topological polar surface area (TPSA) is 25.2 Å². The highest BCUT2D eigenvalue weighted by Gasteiger charge is 2.15. The van der Waals surface area contributed by atoms with E-state index in [1.165, 1.54) is 11.1 Å². The summed E-state index contributed by atoms with van der Waals surface area (Å²) < 4.78 is 6.25. The predicted molar refractivity (Wildman–Crippen MR) is 68.5 cm³/mol. The molecule has 0 bridgehead atoms. The van der Waals surface area contributed by atoms with E-state index < -0.39 is 0 Å². The van der Waals surface area contributed by atoms with Gasteiger partial charge >= 0.3 is 0 Å². The molecule has 0 aliphatic rings. The van der Waals surface area contributed by atoms with Crippen LogP contribution in [-0.4, -0.2) is 7.05 Å². The van der Waals surface area contributed by atoms with E-state index in [0.29, 0.717) is 0 Å². The smallest absolute Gasteiger partial charge is 0.0953 e. The van der Waals surface area contributed by atoms with Gasteiger partial charge in [-0.3, -0.25) is 0 Å². The third kappa shape index (κ3) is 2.20. The van der Waals surface area contributed by atoms with Gasteiger partial charge in [0.1, 0.15) is 0 Å². The van der Waals surface area contributed by atoms with Gasteiger partial charge in [0.05, 0.1) is 18.6 Å². The first-order chi connectivity index (χ1) is 7.72. The molecule has 3 heteroatoms. The SMILES string of the molecule is CNC(c1ccoc1)c1ccc(C)cc1Br. The Morgan fingerprint density at radius 1 is 1.31 bits per heavy atom. The Morgan fingerprint density at radius 2 is 2.12 bits per heavy atom. The summed E-state index contributed by atoms with van der Waals surface area (Å²) in [6.07, 6.45) is 3.47. The van der Waals surface area contributed by atoms with Crippen molar-refractivity contribution >= 4 is 15.9 Å². The van der Waals surface area contributed by atoms with Gasteiger partial charge in [-0.15, -0.1) is 0 Å². The maximum Gasteiger partial charge on any atom is 0.0953 e. The average molecular weight is 280 g/mol. The van der Waals surface area contributed by atoms with Crippen molar-refractivity contribution in [1.29, 1.82) is 0 Å². The maximum atomic E-state index is 5.13. The molecule has 0 saturated heterocycles. The largest absolute Gasteiger partial charge is 0.472 e. The monoisotopic (exact) mass is 279 g/mol. The predicted octanol–water partition coefficient (Wildman–Crippen LogP) is 3.66. The second kappa shape index (κ2) is 4.85. The van der Waals surface area contributed by atoms with Gasteiger partial charge in [0, 0.05) is 10.0 Å². The zero-order valence-electron chi connectivity index (χ0n) is 9.33. The lowest BCUT2D eigenvalue weighted by Gasteiger charge is -2.17. The minimum absolute atomic E-state index is 0.161. The molecule has 84 valence electrons. The number of rotatable bonds is 3. The molecule has 1 aromatic carbocycles.